The molecule has 2 aromatic rings. The Morgan fingerprint density at radius 1 is 1.22 bits per heavy atom. The fraction of sp³-hybridized carbons (Fsp3) is 0.200. The van der Waals surface area contributed by atoms with Crippen LogP contribution >= 0.6 is 11.3 Å². The lowest BCUT2D eigenvalue weighted by Gasteiger charge is -2.10. The molecule has 0 aliphatic heterocycles. The van der Waals surface area contributed by atoms with Crippen LogP contribution in [-0.2, 0) is 9.59 Å². The molecule has 0 spiro atoms. The van der Waals surface area contributed by atoms with E-state index in [0.717, 1.165) is 23.1 Å². The highest BCUT2D eigenvalue weighted by atomic mass is 32.1. The van der Waals surface area contributed by atoms with Crippen LogP contribution in [0, 0.1) is 11.6 Å². The van der Waals surface area contributed by atoms with E-state index in [1.54, 1.807) is 12.1 Å². The molecule has 0 radical (unpaired) electrons. The van der Waals surface area contributed by atoms with Gasteiger partial charge in [-0.2, -0.15) is 0 Å². The Morgan fingerprint density at radius 3 is 2.70 bits per heavy atom. The largest absolute Gasteiger partial charge is 0.388 e. The number of hydrogen-bond acceptors (Lipinski definition) is 4. The molecule has 0 bridgehead atoms. The van der Waals surface area contributed by atoms with Crippen molar-refractivity contribution in [1.82, 2.24) is 5.32 Å². The molecular weight excluding hydrogens is 326 g/mol. The van der Waals surface area contributed by atoms with Gasteiger partial charge in [-0.3, -0.25) is 9.59 Å². The summed E-state index contributed by atoms with van der Waals surface area (Å²) in [5.41, 5.74) is -0.413. The van der Waals surface area contributed by atoms with E-state index in [4.69, 9.17) is 0 Å². The summed E-state index contributed by atoms with van der Waals surface area (Å²) in [5.74, 6) is -3.69. The van der Waals surface area contributed by atoms with E-state index in [0.29, 0.717) is 0 Å². The van der Waals surface area contributed by atoms with Gasteiger partial charge in [-0.05, 0) is 30.0 Å². The van der Waals surface area contributed by atoms with Gasteiger partial charge in [0.25, 0.3) is 0 Å². The van der Waals surface area contributed by atoms with Crippen molar-refractivity contribution in [3.63, 3.8) is 0 Å². The summed E-state index contributed by atoms with van der Waals surface area (Å²) >= 11 is 1.38. The van der Waals surface area contributed by atoms with Crippen molar-refractivity contribution >= 4 is 28.8 Å². The second-order valence-corrected chi connectivity index (χ2v) is 5.63. The maximum Gasteiger partial charge on any atom is 0.313 e. The van der Waals surface area contributed by atoms with Gasteiger partial charge >= 0.3 is 11.8 Å². The Kier molecular flexibility index (Phi) is 5.78. The van der Waals surface area contributed by atoms with Crippen LogP contribution in [0.5, 0.6) is 0 Å². The highest BCUT2D eigenvalue weighted by molar-refractivity contribution is 7.10. The van der Waals surface area contributed by atoms with Crippen molar-refractivity contribution in [2.75, 3.05) is 11.9 Å². The van der Waals surface area contributed by atoms with Crippen molar-refractivity contribution in [3.05, 3.63) is 52.2 Å². The SMILES string of the molecule is O=C(NCCC(O)c1cccs1)C(=O)Nc1cc(F)ccc1F. The molecule has 2 amide bonds. The highest BCUT2D eigenvalue weighted by Gasteiger charge is 2.16. The molecule has 1 heterocycles. The van der Waals surface area contributed by atoms with Crippen molar-refractivity contribution in [3.8, 4) is 0 Å². The number of nitrogens with one attached hydrogen (secondary N) is 2. The van der Waals surface area contributed by atoms with Gasteiger partial charge in [-0.25, -0.2) is 8.78 Å². The second-order valence-electron chi connectivity index (χ2n) is 4.65. The highest BCUT2D eigenvalue weighted by Crippen LogP contribution is 2.21. The number of rotatable bonds is 5. The number of anilines is 1. The van der Waals surface area contributed by atoms with E-state index in [-0.39, 0.29) is 13.0 Å². The minimum Gasteiger partial charge on any atom is -0.388 e. The van der Waals surface area contributed by atoms with Gasteiger partial charge in [0, 0.05) is 17.5 Å². The lowest BCUT2D eigenvalue weighted by atomic mass is 10.2. The first-order valence-electron chi connectivity index (χ1n) is 6.73. The lowest BCUT2D eigenvalue weighted by molar-refractivity contribution is -0.136. The smallest absolute Gasteiger partial charge is 0.313 e. The van der Waals surface area contributed by atoms with Crippen LogP contribution in [0.25, 0.3) is 0 Å². The third-order valence-corrected chi connectivity index (χ3v) is 3.93. The van der Waals surface area contributed by atoms with Gasteiger partial charge in [0.15, 0.2) is 0 Å². The summed E-state index contributed by atoms with van der Waals surface area (Å²) in [6, 6.07) is 6.08. The van der Waals surface area contributed by atoms with Gasteiger partial charge in [-0.15, -0.1) is 11.3 Å². The van der Waals surface area contributed by atoms with Gasteiger partial charge in [0.1, 0.15) is 11.6 Å². The Hall–Kier alpha value is -2.32. The summed E-state index contributed by atoms with van der Waals surface area (Å²) in [5, 5.41) is 15.9. The molecule has 23 heavy (non-hydrogen) atoms. The molecule has 0 aliphatic carbocycles. The number of aliphatic hydroxyl groups is 1. The normalized spacial score (nSPS) is 11.8. The van der Waals surface area contributed by atoms with Crippen molar-refractivity contribution in [2.24, 2.45) is 0 Å². The topological polar surface area (TPSA) is 78.4 Å². The van der Waals surface area contributed by atoms with Gasteiger partial charge in [0.2, 0.25) is 0 Å². The Bertz CT molecular complexity index is 692. The molecular formula is C15H14F2N2O3S. The molecule has 1 aromatic carbocycles. The zero-order valence-corrected chi connectivity index (χ0v) is 12.7. The zero-order valence-electron chi connectivity index (χ0n) is 11.9. The minimum atomic E-state index is -1.11. The number of carbonyl (C=O) groups excluding carboxylic acids is 2. The first kappa shape index (κ1) is 17.0. The fourth-order valence-electron chi connectivity index (χ4n) is 1.80. The van der Waals surface area contributed by atoms with Crippen LogP contribution in [0.3, 0.4) is 0 Å². The number of halogens is 2. The monoisotopic (exact) mass is 340 g/mol. The van der Waals surface area contributed by atoms with Gasteiger partial charge < -0.3 is 15.7 Å². The van der Waals surface area contributed by atoms with E-state index >= 15 is 0 Å². The number of amides is 2. The standard InChI is InChI=1S/C15H14F2N2O3S/c16-9-3-4-10(17)11(8-9)19-15(22)14(21)18-6-5-12(20)13-2-1-7-23-13/h1-4,7-8,12,20H,5-6H2,(H,18,21)(H,19,22). The predicted molar refractivity (Wildman–Crippen MR) is 81.9 cm³/mol. The molecule has 122 valence electrons. The first-order valence-corrected chi connectivity index (χ1v) is 7.61. The van der Waals surface area contributed by atoms with E-state index in [2.05, 4.69) is 5.32 Å². The Morgan fingerprint density at radius 2 is 2.00 bits per heavy atom. The van der Waals surface area contributed by atoms with Crippen LogP contribution in [-0.4, -0.2) is 23.5 Å². The fourth-order valence-corrected chi connectivity index (χ4v) is 2.54. The van der Waals surface area contributed by atoms with Crippen LogP contribution in [0.1, 0.15) is 17.4 Å². The van der Waals surface area contributed by atoms with Gasteiger partial charge in [0.05, 0.1) is 11.8 Å². The van der Waals surface area contributed by atoms with Crippen LogP contribution < -0.4 is 10.6 Å². The zero-order chi connectivity index (χ0) is 16.8. The number of thiophene rings is 1. The van der Waals surface area contributed by atoms with Crippen LogP contribution in [0.4, 0.5) is 14.5 Å². The number of benzene rings is 1. The molecule has 8 heteroatoms. The molecule has 1 atom stereocenters. The summed E-state index contributed by atoms with van der Waals surface area (Å²) < 4.78 is 26.3. The van der Waals surface area contributed by atoms with Crippen molar-refractivity contribution < 1.29 is 23.5 Å². The second kappa shape index (κ2) is 7.80. The average molecular weight is 340 g/mol. The van der Waals surface area contributed by atoms with Gasteiger partial charge in [-0.1, -0.05) is 6.07 Å². The molecule has 3 N–H and O–H groups in total. The summed E-state index contributed by atoms with van der Waals surface area (Å²) in [6.07, 6.45) is -0.507. The molecule has 5 nitrogen and oxygen atoms in total. The van der Waals surface area contributed by atoms with Crippen molar-refractivity contribution in [2.45, 2.75) is 12.5 Å². The maximum absolute atomic E-state index is 13.4. The molecule has 2 rings (SSSR count). The Labute approximate surface area is 135 Å². The third-order valence-electron chi connectivity index (χ3n) is 2.96. The minimum absolute atomic E-state index is 0.0664. The summed E-state index contributed by atoms with van der Waals surface area (Å²) in [4.78, 5) is 24.0. The third kappa shape index (κ3) is 4.83. The average Bonchev–Trinajstić information content (AvgIpc) is 3.05. The number of hydrogen-bond donors (Lipinski definition) is 3. The van der Waals surface area contributed by atoms with E-state index in [1.807, 2.05) is 10.7 Å². The first-order chi connectivity index (χ1) is 11.0. The molecule has 1 unspecified atom stereocenters. The lowest BCUT2D eigenvalue weighted by Crippen LogP contribution is -2.36. The summed E-state index contributed by atoms with van der Waals surface area (Å²) in [6.45, 7) is 0.0664. The van der Waals surface area contributed by atoms with E-state index in [1.165, 1.54) is 11.3 Å². The number of carbonyl (C=O) groups is 2. The van der Waals surface area contributed by atoms with E-state index in [9.17, 15) is 23.5 Å². The maximum atomic E-state index is 13.4. The van der Waals surface area contributed by atoms with Crippen LogP contribution in [0.15, 0.2) is 35.7 Å². The van der Waals surface area contributed by atoms with Crippen molar-refractivity contribution in [1.29, 1.82) is 0 Å². The molecule has 0 saturated heterocycles. The van der Waals surface area contributed by atoms with Crippen LogP contribution in [0.2, 0.25) is 0 Å². The molecule has 0 saturated carbocycles. The quantitative estimate of drug-likeness (QED) is 0.730. The Balaban J connectivity index is 1.81. The molecule has 1 aromatic heterocycles. The summed E-state index contributed by atoms with van der Waals surface area (Å²) in [7, 11) is 0. The number of aliphatic hydroxyl groups excluding tert-OH is 1. The predicted octanol–water partition coefficient (Wildman–Crippen LogP) is 2.20. The molecule has 0 aliphatic rings. The molecule has 0 fully saturated rings. The van der Waals surface area contributed by atoms with E-state index < -0.39 is 35.2 Å².